The van der Waals surface area contributed by atoms with Crippen LogP contribution in [0.25, 0.3) is 0 Å². The minimum Gasteiger partial charge on any atom is -0.321 e. The smallest absolute Gasteiger partial charge is 0.233 e. The monoisotopic (exact) mass is 212 g/mol. The summed E-state index contributed by atoms with van der Waals surface area (Å²) in [5.41, 5.74) is 0.815. The molecule has 0 N–H and O–H groups in total. The number of nitrogens with zero attached hydrogens (tertiary/aromatic N) is 2. The van der Waals surface area contributed by atoms with Crippen LogP contribution in [0, 0.1) is 16.7 Å². The maximum atomic E-state index is 11.9. The SMILES string of the molecule is N#CC1N(Cc2ccccc2)C(=O)C12CC2. The van der Waals surface area contributed by atoms with E-state index in [0.29, 0.717) is 6.54 Å². The van der Waals surface area contributed by atoms with Crippen LogP contribution in [0.3, 0.4) is 0 Å². The largest absolute Gasteiger partial charge is 0.321 e. The number of rotatable bonds is 2. The molecule has 1 aliphatic heterocycles. The third-order valence-corrected chi connectivity index (χ3v) is 3.63. The van der Waals surface area contributed by atoms with E-state index in [2.05, 4.69) is 6.07 Å². The minimum absolute atomic E-state index is 0.169. The molecule has 1 aromatic carbocycles. The number of nitriles is 1. The number of benzene rings is 1. The van der Waals surface area contributed by atoms with Crippen LogP contribution in [0.15, 0.2) is 30.3 Å². The van der Waals surface area contributed by atoms with Crippen molar-refractivity contribution in [3.63, 3.8) is 0 Å². The van der Waals surface area contributed by atoms with Gasteiger partial charge in [0.2, 0.25) is 5.91 Å². The summed E-state index contributed by atoms with van der Waals surface area (Å²) >= 11 is 0. The van der Waals surface area contributed by atoms with E-state index < -0.39 is 0 Å². The summed E-state index contributed by atoms with van der Waals surface area (Å²) in [5.74, 6) is 0.169. The Morgan fingerprint density at radius 2 is 2.06 bits per heavy atom. The van der Waals surface area contributed by atoms with E-state index in [1.54, 1.807) is 4.90 Å². The molecule has 0 aromatic heterocycles. The van der Waals surface area contributed by atoms with Gasteiger partial charge in [-0.1, -0.05) is 30.3 Å². The number of amides is 1. The highest BCUT2D eigenvalue weighted by Crippen LogP contribution is 2.58. The third kappa shape index (κ3) is 1.10. The highest BCUT2D eigenvalue weighted by atomic mass is 16.2. The fraction of sp³-hybridized carbons (Fsp3) is 0.385. The standard InChI is InChI=1S/C13H12N2O/c14-8-11-13(6-7-13)12(16)15(11)9-10-4-2-1-3-5-10/h1-5,11H,6-7,9H2. The van der Waals surface area contributed by atoms with Crippen molar-refractivity contribution in [2.24, 2.45) is 5.41 Å². The van der Waals surface area contributed by atoms with Gasteiger partial charge in [0, 0.05) is 6.54 Å². The first-order valence-electron chi connectivity index (χ1n) is 5.52. The van der Waals surface area contributed by atoms with Crippen LogP contribution >= 0.6 is 0 Å². The number of carbonyl (C=O) groups excluding carboxylic acids is 1. The number of carbonyl (C=O) groups is 1. The van der Waals surface area contributed by atoms with E-state index >= 15 is 0 Å². The second-order valence-electron chi connectivity index (χ2n) is 4.61. The van der Waals surface area contributed by atoms with E-state index in [-0.39, 0.29) is 17.4 Å². The molecule has 80 valence electrons. The van der Waals surface area contributed by atoms with Crippen LogP contribution in [0.2, 0.25) is 0 Å². The molecule has 3 nitrogen and oxygen atoms in total. The average molecular weight is 212 g/mol. The second-order valence-corrected chi connectivity index (χ2v) is 4.61. The highest BCUT2D eigenvalue weighted by Gasteiger charge is 2.68. The normalized spacial score (nSPS) is 25.1. The molecule has 1 atom stereocenters. The summed E-state index contributed by atoms with van der Waals surface area (Å²) in [4.78, 5) is 13.6. The van der Waals surface area contributed by atoms with Crippen LogP contribution in [0.4, 0.5) is 0 Å². The first-order chi connectivity index (χ1) is 7.78. The summed E-state index contributed by atoms with van der Waals surface area (Å²) in [7, 11) is 0. The van der Waals surface area contributed by atoms with Gasteiger partial charge in [0.15, 0.2) is 0 Å². The zero-order chi connectivity index (χ0) is 11.2. The van der Waals surface area contributed by atoms with Crippen LogP contribution < -0.4 is 0 Å². The predicted octanol–water partition coefficient (Wildman–Crippen LogP) is 1.70. The lowest BCUT2D eigenvalue weighted by atomic mass is 9.84. The molecule has 1 saturated carbocycles. The molecular formula is C13H12N2O. The fourth-order valence-electron chi connectivity index (χ4n) is 2.51. The first kappa shape index (κ1) is 9.41. The molecule has 1 saturated heterocycles. The predicted molar refractivity (Wildman–Crippen MR) is 58.1 cm³/mol. The van der Waals surface area contributed by atoms with Crippen LogP contribution in [0.1, 0.15) is 18.4 Å². The van der Waals surface area contributed by atoms with Crippen molar-refractivity contribution in [2.75, 3.05) is 0 Å². The number of likely N-dealkylation sites (tertiary alicyclic amines) is 1. The average Bonchev–Trinajstić information content (AvgIpc) is 3.12. The van der Waals surface area contributed by atoms with Crippen molar-refractivity contribution >= 4 is 5.91 Å². The Labute approximate surface area is 94.3 Å². The van der Waals surface area contributed by atoms with Gasteiger partial charge in [0.25, 0.3) is 0 Å². The van der Waals surface area contributed by atoms with E-state index in [1.807, 2.05) is 30.3 Å². The summed E-state index contributed by atoms with van der Waals surface area (Å²) in [6, 6.07) is 11.9. The lowest BCUT2D eigenvalue weighted by Gasteiger charge is -2.44. The molecule has 3 heteroatoms. The van der Waals surface area contributed by atoms with Crippen molar-refractivity contribution in [3.8, 4) is 6.07 Å². The van der Waals surface area contributed by atoms with Gasteiger partial charge in [-0.15, -0.1) is 0 Å². The Hall–Kier alpha value is -1.82. The van der Waals surface area contributed by atoms with Crippen LogP contribution in [-0.4, -0.2) is 16.8 Å². The minimum atomic E-state index is -0.274. The zero-order valence-corrected chi connectivity index (χ0v) is 8.89. The van der Waals surface area contributed by atoms with Gasteiger partial charge in [-0.2, -0.15) is 5.26 Å². The second kappa shape index (κ2) is 3.08. The van der Waals surface area contributed by atoms with Crippen molar-refractivity contribution in [1.82, 2.24) is 4.90 Å². The highest BCUT2D eigenvalue weighted by molar-refractivity contribution is 5.94. The van der Waals surface area contributed by atoms with Crippen LogP contribution in [0.5, 0.6) is 0 Å². The van der Waals surface area contributed by atoms with E-state index in [1.165, 1.54) is 0 Å². The topological polar surface area (TPSA) is 44.1 Å². The molecule has 2 aliphatic rings. The van der Waals surface area contributed by atoms with Crippen molar-refractivity contribution in [2.45, 2.75) is 25.4 Å². The molecule has 1 unspecified atom stereocenters. The van der Waals surface area contributed by atoms with Gasteiger partial charge in [0.1, 0.15) is 6.04 Å². The number of hydrogen-bond donors (Lipinski definition) is 0. The van der Waals surface area contributed by atoms with E-state index in [9.17, 15) is 4.79 Å². The van der Waals surface area contributed by atoms with Gasteiger partial charge in [-0.3, -0.25) is 4.79 Å². The summed E-state index contributed by atoms with van der Waals surface area (Å²) in [6.07, 6.45) is 1.80. The number of hydrogen-bond acceptors (Lipinski definition) is 2. The molecule has 1 spiro atoms. The van der Waals surface area contributed by atoms with Crippen molar-refractivity contribution in [3.05, 3.63) is 35.9 Å². The van der Waals surface area contributed by atoms with Gasteiger partial charge in [-0.05, 0) is 18.4 Å². The molecule has 2 fully saturated rings. The molecule has 1 aliphatic carbocycles. The Kier molecular flexibility index (Phi) is 1.81. The lowest BCUT2D eigenvalue weighted by molar-refractivity contribution is -0.156. The van der Waals surface area contributed by atoms with Gasteiger partial charge >= 0.3 is 0 Å². The van der Waals surface area contributed by atoms with E-state index in [4.69, 9.17) is 5.26 Å². The van der Waals surface area contributed by atoms with Gasteiger partial charge < -0.3 is 4.90 Å². The summed E-state index contributed by atoms with van der Waals surface area (Å²) in [5, 5.41) is 9.08. The molecule has 16 heavy (non-hydrogen) atoms. The van der Waals surface area contributed by atoms with Gasteiger partial charge in [-0.25, -0.2) is 0 Å². The Balaban J connectivity index is 1.78. The zero-order valence-electron chi connectivity index (χ0n) is 8.89. The summed E-state index contributed by atoms with van der Waals surface area (Å²) in [6.45, 7) is 0.569. The molecular weight excluding hydrogens is 200 g/mol. The molecule has 1 heterocycles. The molecule has 1 amide bonds. The maximum Gasteiger partial charge on any atom is 0.233 e. The molecule has 0 radical (unpaired) electrons. The quantitative estimate of drug-likeness (QED) is 0.700. The first-order valence-corrected chi connectivity index (χ1v) is 5.52. The Morgan fingerprint density at radius 3 is 2.62 bits per heavy atom. The maximum absolute atomic E-state index is 11.9. The summed E-state index contributed by atoms with van der Waals surface area (Å²) < 4.78 is 0. The molecule has 1 aromatic rings. The fourth-order valence-corrected chi connectivity index (χ4v) is 2.51. The van der Waals surface area contributed by atoms with Crippen molar-refractivity contribution < 1.29 is 4.79 Å². The molecule has 0 bridgehead atoms. The lowest BCUT2D eigenvalue weighted by Crippen LogP contribution is -2.61. The Morgan fingerprint density at radius 1 is 1.38 bits per heavy atom. The Bertz CT molecular complexity index is 470. The van der Waals surface area contributed by atoms with E-state index in [0.717, 1.165) is 18.4 Å². The van der Waals surface area contributed by atoms with Crippen molar-refractivity contribution in [1.29, 1.82) is 5.26 Å². The third-order valence-electron chi connectivity index (χ3n) is 3.63. The number of β-lactam (4-membered cyclic amide) rings is 1. The molecule has 3 rings (SSSR count). The van der Waals surface area contributed by atoms with Gasteiger partial charge in [0.05, 0.1) is 11.5 Å². The van der Waals surface area contributed by atoms with Crippen LogP contribution in [-0.2, 0) is 11.3 Å².